The third kappa shape index (κ3) is 4.50. The van der Waals surface area contributed by atoms with Crippen LogP contribution in [0.4, 0.5) is 0 Å². The average molecular weight is 460 g/mol. The zero-order chi connectivity index (χ0) is 22.1. The van der Waals surface area contributed by atoms with E-state index in [2.05, 4.69) is 10.6 Å². The van der Waals surface area contributed by atoms with E-state index in [0.29, 0.717) is 36.5 Å². The molecule has 4 rings (SSSR count). The van der Waals surface area contributed by atoms with Crippen LogP contribution in [0.25, 0.3) is 0 Å². The molecule has 9 heteroatoms. The summed E-state index contributed by atoms with van der Waals surface area (Å²) in [7, 11) is 0. The SMILES string of the molecule is Cc1ccc(CC(=O)NCc2scc3c2CN(C2CCCC(=O)NC2=O)C3=O)cc1Cl. The molecule has 2 aliphatic rings. The second-order valence-corrected chi connectivity index (χ2v) is 9.21. The summed E-state index contributed by atoms with van der Waals surface area (Å²) < 4.78 is 0. The molecule has 1 saturated heterocycles. The van der Waals surface area contributed by atoms with Gasteiger partial charge < -0.3 is 10.2 Å². The van der Waals surface area contributed by atoms with Gasteiger partial charge in [0.15, 0.2) is 0 Å². The van der Waals surface area contributed by atoms with Crippen LogP contribution in [0.5, 0.6) is 0 Å². The highest BCUT2D eigenvalue weighted by atomic mass is 35.5. The molecule has 4 amide bonds. The van der Waals surface area contributed by atoms with Gasteiger partial charge in [0, 0.05) is 28.2 Å². The Bertz CT molecular complexity index is 1080. The molecule has 1 aromatic carbocycles. The molecule has 0 radical (unpaired) electrons. The number of hydrogen-bond acceptors (Lipinski definition) is 5. The number of carbonyl (C=O) groups excluding carboxylic acids is 4. The number of fused-ring (bicyclic) bond motifs is 1. The molecule has 0 saturated carbocycles. The lowest BCUT2D eigenvalue weighted by atomic mass is 10.1. The molecule has 2 N–H and O–H groups in total. The minimum atomic E-state index is -0.648. The first-order valence-electron chi connectivity index (χ1n) is 10.1. The van der Waals surface area contributed by atoms with Gasteiger partial charge in [0.2, 0.25) is 17.7 Å². The molecule has 0 spiro atoms. The van der Waals surface area contributed by atoms with Crippen LogP contribution in [0.15, 0.2) is 23.6 Å². The fraction of sp³-hybridized carbons (Fsp3) is 0.364. The molecule has 162 valence electrons. The van der Waals surface area contributed by atoms with Gasteiger partial charge >= 0.3 is 0 Å². The Labute approximate surface area is 188 Å². The van der Waals surface area contributed by atoms with E-state index in [4.69, 9.17) is 11.6 Å². The molecular weight excluding hydrogens is 438 g/mol. The predicted octanol–water partition coefficient (Wildman–Crippen LogP) is 2.72. The predicted molar refractivity (Wildman–Crippen MR) is 117 cm³/mol. The van der Waals surface area contributed by atoms with E-state index >= 15 is 0 Å². The van der Waals surface area contributed by atoms with Gasteiger partial charge in [0.25, 0.3) is 5.91 Å². The largest absolute Gasteiger partial charge is 0.351 e. The van der Waals surface area contributed by atoms with Gasteiger partial charge in [-0.05, 0) is 42.5 Å². The highest BCUT2D eigenvalue weighted by Crippen LogP contribution is 2.33. The number of nitrogens with zero attached hydrogens (tertiary/aromatic N) is 1. The van der Waals surface area contributed by atoms with E-state index in [0.717, 1.165) is 21.6 Å². The first-order valence-corrected chi connectivity index (χ1v) is 11.3. The van der Waals surface area contributed by atoms with Crippen LogP contribution in [0, 0.1) is 6.92 Å². The number of thiophene rings is 1. The van der Waals surface area contributed by atoms with Crippen LogP contribution in [-0.4, -0.2) is 34.6 Å². The summed E-state index contributed by atoms with van der Waals surface area (Å²) in [6.45, 7) is 2.53. The second kappa shape index (κ2) is 8.80. The Kier molecular flexibility index (Phi) is 6.11. The van der Waals surface area contributed by atoms with Crippen molar-refractivity contribution in [3.05, 3.63) is 55.7 Å². The third-order valence-corrected chi connectivity index (χ3v) is 7.11. The molecule has 1 aromatic heterocycles. The Balaban J connectivity index is 1.40. The Morgan fingerprint density at radius 1 is 1.32 bits per heavy atom. The minimum absolute atomic E-state index is 0.134. The molecular formula is C22H22ClN3O4S. The quantitative estimate of drug-likeness (QED) is 0.672. The second-order valence-electron chi connectivity index (χ2n) is 7.84. The van der Waals surface area contributed by atoms with Gasteiger partial charge in [-0.25, -0.2) is 0 Å². The van der Waals surface area contributed by atoms with Crippen molar-refractivity contribution in [1.29, 1.82) is 0 Å². The van der Waals surface area contributed by atoms with E-state index in [-0.39, 0.29) is 30.6 Å². The zero-order valence-corrected chi connectivity index (χ0v) is 18.6. The van der Waals surface area contributed by atoms with Crippen molar-refractivity contribution in [2.24, 2.45) is 0 Å². The van der Waals surface area contributed by atoms with Crippen molar-refractivity contribution < 1.29 is 19.2 Å². The van der Waals surface area contributed by atoms with E-state index in [1.807, 2.05) is 19.1 Å². The van der Waals surface area contributed by atoms with Gasteiger partial charge in [0.1, 0.15) is 6.04 Å². The molecule has 0 aliphatic carbocycles. The standard InChI is InChI=1S/C22H22ClN3O4S/c1-12-5-6-13(7-16(12)23)8-20(28)24-9-18-14-10-26(22(30)15(14)11-31-18)17-3-2-4-19(27)25-21(17)29/h5-7,11,17H,2-4,8-10H2,1H3,(H,24,28)(H,25,27,29). The van der Waals surface area contributed by atoms with Gasteiger partial charge in [-0.1, -0.05) is 23.7 Å². The normalized spacial score (nSPS) is 18.6. The third-order valence-electron chi connectivity index (χ3n) is 5.67. The molecule has 1 unspecified atom stereocenters. The van der Waals surface area contributed by atoms with Crippen molar-refractivity contribution >= 4 is 46.6 Å². The number of amides is 4. The van der Waals surface area contributed by atoms with Crippen LogP contribution >= 0.6 is 22.9 Å². The number of hydrogen-bond donors (Lipinski definition) is 2. The molecule has 2 aromatic rings. The molecule has 31 heavy (non-hydrogen) atoms. The van der Waals surface area contributed by atoms with Gasteiger partial charge in [-0.2, -0.15) is 0 Å². The highest BCUT2D eigenvalue weighted by Gasteiger charge is 2.39. The van der Waals surface area contributed by atoms with E-state index in [9.17, 15) is 19.2 Å². The highest BCUT2D eigenvalue weighted by molar-refractivity contribution is 7.10. The number of benzene rings is 1. The maximum absolute atomic E-state index is 12.9. The van der Waals surface area contributed by atoms with Gasteiger partial charge in [-0.15, -0.1) is 11.3 Å². The number of rotatable bonds is 5. The fourth-order valence-electron chi connectivity index (χ4n) is 3.91. The maximum atomic E-state index is 12.9. The maximum Gasteiger partial charge on any atom is 0.256 e. The summed E-state index contributed by atoms with van der Waals surface area (Å²) >= 11 is 7.55. The molecule has 2 aliphatic heterocycles. The first-order chi connectivity index (χ1) is 14.8. The Morgan fingerprint density at radius 2 is 2.13 bits per heavy atom. The summed E-state index contributed by atoms with van der Waals surface area (Å²) in [5.41, 5.74) is 3.21. The lowest BCUT2D eigenvalue weighted by Gasteiger charge is -2.25. The number of nitrogens with one attached hydrogen (secondary N) is 2. The van der Waals surface area contributed by atoms with Crippen molar-refractivity contribution in [1.82, 2.24) is 15.5 Å². The lowest BCUT2D eigenvalue weighted by Crippen LogP contribution is -2.47. The topological polar surface area (TPSA) is 95.6 Å². The molecule has 7 nitrogen and oxygen atoms in total. The first kappa shape index (κ1) is 21.5. The van der Waals surface area contributed by atoms with E-state index in [1.165, 1.54) is 16.2 Å². The van der Waals surface area contributed by atoms with Crippen molar-refractivity contribution in [3.63, 3.8) is 0 Å². The molecule has 3 heterocycles. The van der Waals surface area contributed by atoms with Crippen molar-refractivity contribution in [2.75, 3.05) is 0 Å². The van der Waals surface area contributed by atoms with Crippen LogP contribution in [0.2, 0.25) is 5.02 Å². The van der Waals surface area contributed by atoms with Crippen LogP contribution < -0.4 is 10.6 Å². The smallest absolute Gasteiger partial charge is 0.256 e. The number of imide groups is 1. The van der Waals surface area contributed by atoms with Crippen molar-refractivity contribution in [2.45, 2.75) is 51.7 Å². The zero-order valence-electron chi connectivity index (χ0n) is 17.0. The molecule has 1 atom stereocenters. The van der Waals surface area contributed by atoms with Crippen molar-refractivity contribution in [3.8, 4) is 0 Å². The average Bonchev–Trinajstić information content (AvgIpc) is 3.21. The number of carbonyl (C=O) groups is 4. The van der Waals surface area contributed by atoms with Gasteiger partial charge in [-0.3, -0.25) is 24.5 Å². The molecule has 0 bridgehead atoms. The Morgan fingerprint density at radius 3 is 2.90 bits per heavy atom. The monoisotopic (exact) mass is 459 g/mol. The Hall–Kier alpha value is -2.71. The minimum Gasteiger partial charge on any atom is -0.351 e. The number of halogens is 1. The molecule has 1 fully saturated rings. The summed E-state index contributed by atoms with van der Waals surface area (Å²) in [4.78, 5) is 51.6. The summed E-state index contributed by atoms with van der Waals surface area (Å²) in [6.07, 6.45) is 1.52. The van der Waals surface area contributed by atoms with E-state index < -0.39 is 11.9 Å². The fourth-order valence-corrected chi connectivity index (χ4v) is 5.09. The summed E-state index contributed by atoms with van der Waals surface area (Å²) in [5.74, 6) is -1.06. The van der Waals surface area contributed by atoms with Crippen LogP contribution in [-0.2, 0) is 33.9 Å². The lowest BCUT2D eigenvalue weighted by molar-refractivity contribution is -0.132. The number of aryl methyl sites for hydroxylation is 1. The van der Waals surface area contributed by atoms with E-state index in [1.54, 1.807) is 11.4 Å². The van der Waals surface area contributed by atoms with Crippen LogP contribution in [0.3, 0.4) is 0 Å². The van der Waals surface area contributed by atoms with Gasteiger partial charge in [0.05, 0.1) is 18.5 Å². The summed E-state index contributed by atoms with van der Waals surface area (Å²) in [5, 5.41) is 7.67. The summed E-state index contributed by atoms with van der Waals surface area (Å²) in [6, 6.07) is 4.90. The van der Waals surface area contributed by atoms with Crippen LogP contribution in [0.1, 0.15) is 51.2 Å².